The lowest BCUT2D eigenvalue weighted by Gasteiger charge is -2.29. The Hall–Kier alpha value is -2.78. The predicted octanol–water partition coefficient (Wildman–Crippen LogP) is 6.36. The van der Waals surface area contributed by atoms with E-state index in [0.29, 0.717) is 34.7 Å². The van der Waals surface area contributed by atoms with Crippen LogP contribution in [0.25, 0.3) is 0 Å². The van der Waals surface area contributed by atoms with Crippen molar-refractivity contribution in [3.63, 3.8) is 0 Å². The minimum absolute atomic E-state index is 0.257. The van der Waals surface area contributed by atoms with Crippen molar-refractivity contribution in [2.75, 3.05) is 11.1 Å². The first-order valence-electron chi connectivity index (χ1n) is 11.6. The summed E-state index contributed by atoms with van der Waals surface area (Å²) < 4.78 is 14.6. The van der Waals surface area contributed by atoms with E-state index in [9.17, 15) is 4.79 Å². The van der Waals surface area contributed by atoms with Gasteiger partial charge in [-0.2, -0.15) is 4.98 Å². The molecule has 1 aliphatic heterocycles. The van der Waals surface area contributed by atoms with Gasteiger partial charge in [-0.1, -0.05) is 64.9 Å². The summed E-state index contributed by atoms with van der Waals surface area (Å²) in [6.45, 7) is 8.06. The number of hydrogen-bond acceptors (Lipinski definition) is 7. The molecule has 0 radical (unpaired) electrons. The molecule has 0 saturated heterocycles. The summed E-state index contributed by atoms with van der Waals surface area (Å²) in [4.78, 5) is 18.0. The lowest BCUT2D eigenvalue weighted by atomic mass is 9.95. The van der Waals surface area contributed by atoms with E-state index in [1.54, 1.807) is 16.4 Å². The monoisotopic (exact) mass is 556 g/mol. The van der Waals surface area contributed by atoms with E-state index < -0.39 is 12.0 Å². The van der Waals surface area contributed by atoms with Crippen molar-refractivity contribution in [2.45, 2.75) is 58.0 Å². The number of aromatic nitrogens is 3. The highest BCUT2D eigenvalue weighted by molar-refractivity contribution is 9.10. The van der Waals surface area contributed by atoms with Crippen LogP contribution in [0, 0.1) is 0 Å². The number of benzene rings is 2. The fraction of sp³-hybridized carbons (Fsp3) is 0.346. The van der Waals surface area contributed by atoms with Crippen molar-refractivity contribution in [1.29, 1.82) is 0 Å². The molecule has 0 spiro atoms. The van der Waals surface area contributed by atoms with E-state index >= 15 is 0 Å². The molecule has 0 amide bonds. The van der Waals surface area contributed by atoms with Gasteiger partial charge in [0.05, 0.1) is 11.7 Å². The molecule has 3 aromatic rings. The van der Waals surface area contributed by atoms with Crippen molar-refractivity contribution in [3.05, 3.63) is 75.4 Å². The smallest absolute Gasteiger partial charge is 0.338 e. The number of ether oxygens (including phenoxy) is 2. The van der Waals surface area contributed by atoms with Crippen LogP contribution in [-0.4, -0.2) is 32.6 Å². The molecule has 1 unspecified atom stereocenters. The Morgan fingerprint density at radius 1 is 1.23 bits per heavy atom. The molecule has 1 N–H and O–H groups in total. The molecule has 2 heterocycles. The van der Waals surface area contributed by atoms with Crippen LogP contribution in [0.4, 0.5) is 5.95 Å². The fourth-order valence-corrected chi connectivity index (χ4v) is 4.88. The van der Waals surface area contributed by atoms with Crippen LogP contribution < -0.4 is 10.1 Å². The van der Waals surface area contributed by atoms with Gasteiger partial charge in [0.25, 0.3) is 0 Å². The number of nitrogens with zero attached hydrogens (tertiary/aromatic N) is 3. The summed E-state index contributed by atoms with van der Waals surface area (Å²) >= 11 is 5.19. The molecule has 7 nitrogen and oxygen atoms in total. The molecule has 9 heteroatoms. The molecule has 0 bridgehead atoms. The summed E-state index contributed by atoms with van der Waals surface area (Å²) in [7, 11) is 0. The Kier molecular flexibility index (Phi) is 8.18. The quantitative estimate of drug-likeness (QED) is 0.242. The number of carbonyl (C=O) groups is 1. The highest BCUT2D eigenvalue weighted by atomic mass is 79.9. The van der Waals surface area contributed by atoms with Crippen molar-refractivity contribution >= 4 is 39.6 Å². The summed E-state index contributed by atoms with van der Waals surface area (Å²) in [6, 6.07) is 15.2. The van der Waals surface area contributed by atoms with Crippen molar-refractivity contribution in [1.82, 2.24) is 14.8 Å². The third-order valence-electron chi connectivity index (χ3n) is 5.33. The number of fused-ring (bicyclic) bond motifs is 1. The largest absolute Gasteiger partial charge is 0.489 e. The normalized spacial score (nSPS) is 15.1. The van der Waals surface area contributed by atoms with Crippen molar-refractivity contribution in [3.8, 4) is 5.75 Å². The number of esters is 1. The maximum Gasteiger partial charge on any atom is 0.338 e. The second-order valence-corrected chi connectivity index (χ2v) is 10.5. The summed E-state index contributed by atoms with van der Waals surface area (Å²) in [6.07, 6.45) is 0.755. The van der Waals surface area contributed by atoms with Gasteiger partial charge in [-0.15, -0.1) is 5.10 Å². The zero-order chi connectivity index (χ0) is 24.9. The lowest BCUT2D eigenvalue weighted by molar-refractivity contribution is -0.143. The number of halogens is 1. The minimum atomic E-state index is -0.566. The molecule has 2 aromatic carbocycles. The fourth-order valence-electron chi connectivity index (χ4n) is 3.82. The number of hydrogen-bond donors (Lipinski definition) is 1. The number of rotatable bonds is 9. The van der Waals surface area contributed by atoms with Gasteiger partial charge >= 0.3 is 5.97 Å². The third kappa shape index (κ3) is 5.90. The topological polar surface area (TPSA) is 78.3 Å². The first kappa shape index (κ1) is 25.3. The minimum Gasteiger partial charge on any atom is -0.489 e. The van der Waals surface area contributed by atoms with E-state index in [1.165, 1.54) is 0 Å². The van der Waals surface area contributed by atoms with Gasteiger partial charge in [0.2, 0.25) is 11.1 Å². The van der Waals surface area contributed by atoms with Crippen LogP contribution in [0.5, 0.6) is 5.75 Å². The van der Waals surface area contributed by atoms with E-state index in [2.05, 4.69) is 33.2 Å². The van der Waals surface area contributed by atoms with Crippen LogP contribution >= 0.6 is 27.7 Å². The molecule has 4 rings (SSSR count). The maximum absolute atomic E-state index is 13.3. The number of anilines is 1. The first-order chi connectivity index (χ1) is 16.9. The van der Waals surface area contributed by atoms with Crippen LogP contribution in [0.3, 0.4) is 0 Å². The third-order valence-corrected chi connectivity index (χ3v) is 6.87. The Bertz CT molecular complexity index is 1230. The molecule has 184 valence electrons. The molecular weight excluding hydrogens is 528 g/mol. The van der Waals surface area contributed by atoms with Gasteiger partial charge in [-0.05, 0) is 51.0 Å². The Balaban J connectivity index is 1.80. The SMILES string of the molecule is CCCSc1nc2n(n1)C(c1cc(Br)ccc1OCc1ccccc1)C(C(=O)OC(C)C)=C(C)N2. The van der Waals surface area contributed by atoms with E-state index in [0.717, 1.165) is 27.8 Å². The van der Waals surface area contributed by atoms with Gasteiger partial charge < -0.3 is 14.8 Å². The highest BCUT2D eigenvalue weighted by Gasteiger charge is 2.37. The van der Waals surface area contributed by atoms with E-state index in [4.69, 9.17) is 14.6 Å². The van der Waals surface area contributed by atoms with Gasteiger partial charge in [0, 0.05) is 21.5 Å². The summed E-state index contributed by atoms with van der Waals surface area (Å²) in [5.41, 5.74) is 3.01. The standard InChI is InChI=1S/C26H29BrN4O3S/c1-5-13-35-26-29-25-28-17(4)22(24(32)34-16(2)3)23(31(25)30-26)20-14-19(27)11-12-21(20)33-15-18-9-7-6-8-10-18/h6-12,14,16,23H,5,13,15H2,1-4H3,(H,28,29,30). The predicted molar refractivity (Wildman–Crippen MR) is 142 cm³/mol. The van der Waals surface area contributed by atoms with Gasteiger partial charge in [-0.3, -0.25) is 0 Å². The average molecular weight is 558 g/mol. The van der Waals surface area contributed by atoms with E-state index in [-0.39, 0.29) is 6.10 Å². The van der Waals surface area contributed by atoms with Crippen LogP contribution in [-0.2, 0) is 16.1 Å². The second kappa shape index (κ2) is 11.3. The number of allylic oxidation sites excluding steroid dienone is 1. The average Bonchev–Trinajstić information content (AvgIpc) is 3.23. The Labute approximate surface area is 218 Å². The molecule has 35 heavy (non-hydrogen) atoms. The molecule has 0 fully saturated rings. The molecule has 0 aliphatic carbocycles. The highest BCUT2D eigenvalue weighted by Crippen LogP contribution is 2.41. The van der Waals surface area contributed by atoms with Gasteiger partial charge in [0.1, 0.15) is 18.4 Å². The van der Waals surface area contributed by atoms with Crippen LogP contribution in [0.1, 0.15) is 51.3 Å². The number of thioether (sulfide) groups is 1. The maximum atomic E-state index is 13.3. The molecule has 1 aromatic heterocycles. The second-order valence-electron chi connectivity index (χ2n) is 8.49. The molecule has 1 atom stereocenters. The Morgan fingerprint density at radius 3 is 2.71 bits per heavy atom. The summed E-state index contributed by atoms with van der Waals surface area (Å²) in [5.74, 6) is 1.76. The molecule has 0 saturated carbocycles. The molecular formula is C26H29BrN4O3S. The zero-order valence-corrected chi connectivity index (χ0v) is 22.6. The number of carbonyl (C=O) groups excluding carboxylic acids is 1. The van der Waals surface area contributed by atoms with Gasteiger partial charge in [0.15, 0.2) is 0 Å². The van der Waals surface area contributed by atoms with Crippen LogP contribution in [0.2, 0.25) is 0 Å². The van der Waals surface area contributed by atoms with Gasteiger partial charge in [-0.25, -0.2) is 9.48 Å². The Morgan fingerprint density at radius 2 is 2.00 bits per heavy atom. The van der Waals surface area contributed by atoms with Crippen molar-refractivity contribution < 1.29 is 14.3 Å². The lowest BCUT2D eigenvalue weighted by Crippen LogP contribution is -2.31. The van der Waals surface area contributed by atoms with Crippen LogP contribution in [0.15, 0.2) is 69.4 Å². The number of nitrogens with one attached hydrogen (secondary N) is 1. The van der Waals surface area contributed by atoms with Crippen molar-refractivity contribution in [2.24, 2.45) is 0 Å². The summed E-state index contributed by atoms with van der Waals surface area (Å²) in [5, 5.41) is 8.69. The first-order valence-corrected chi connectivity index (χ1v) is 13.4. The molecule has 1 aliphatic rings. The van der Waals surface area contributed by atoms with E-state index in [1.807, 2.05) is 69.3 Å². The zero-order valence-electron chi connectivity index (χ0n) is 20.2.